The zero-order valence-corrected chi connectivity index (χ0v) is 10.9. The fourth-order valence-corrected chi connectivity index (χ4v) is 2.28. The second kappa shape index (κ2) is 6.00. The third kappa shape index (κ3) is 2.97. The number of halogens is 2. The van der Waals surface area contributed by atoms with Crippen molar-refractivity contribution in [2.24, 2.45) is 5.73 Å². The van der Waals surface area contributed by atoms with Crippen molar-refractivity contribution < 1.29 is 9.13 Å². The van der Waals surface area contributed by atoms with Crippen LogP contribution in [-0.2, 0) is 0 Å². The van der Waals surface area contributed by atoms with E-state index < -0.39 is 0 Å². The number of hydrogen-bond acceptors (Lipinski definition) is 3. The van der Waals surface area contributed by atoms with Crippen LogP contribution in [0.4, 0.5) is 4.39 Å². The lowest BCUT2D eigenvalue weighted by Crippen LogP contribution is -2.12. The maximum Gasteiger partial charge on any atom is 0.124 e. The Balaban J connectivity index is 0.00000144. The second-order valence-corrected chi connectivity index (χ2v) is 4.20. The minimum Gasteiger partial charge on any atom is -0.496 e. The number of rotatable bonds is 3. The van der Waals surface area contributed by atoms with Crippen LogP contribution in [0.15, 0.2) is 35.0 Å². The van der Waals surface area contributed by atoms with Gasteiger partial charge in [0.25, 0.3) is 0 Å². The van der Waals surface area contributed by atoms with E-state index in [-0.39, 0.29) is 24.3 Å². The van der Waals surface area contributed by atoms with Crippen molar-refractivity contribution in [3.05, 3.63) is 52.0 Å². The Bertz CT molecular complexity index is 475. The summed E-state index contributed by atoms with van der Waals surface area (Å²) in [5.41, 5.74) is 7.70. The molecule has 0 bridgehead atoms. The van der Waals surface area contributed by atoms with Crippen LogP contribution in [0.5, 0.6) is 5.75 Å². The molecule has 0 fully saturated rings. The molecule has 92 valence electrons. The van der Waals surface area contributed by atoms with Gasteiger partial charge in [0.2, 0.25) is 0 Å². The predicted octanol–water partition coefficient (Wildman–Crippen LogP) is 3.37. The molecule has 1 heterocycles. The number of hydrogen-bond donors (Lipinski definition) is 1. The first-order valence-electron chi connectivity index (χ1n) is 4.83. The van der Waals surface area contributed by atoms with E-state index in [2.05, 4.69) is 0 Å². The monoisotopic (exact) mass is 273 g/mol. The summed E-state index contributed by atoms with van der Waals surface area (Å²) in [5.74, 6) is 0.307. The standard InChI is InChI=1S/C12H12FNOS.ClH/c1-15-11-3-2-9(13)6-10(11)12(14)8-4-5-16-7-8;/h2-7,12H,14H2,1H3;1H/t12-;/m0./s1. The van der Waals surface area contributed by atoms with Crippen LogP contribution in [0.2, 0.25) is 0 Å². The summed E-state index contributed by atoms with van der Waals surface area (Å²) in [6, 6.07) is 5.96. The third-order valence-corrected chi connectivity index (χ3v) is 3.13. The maximum absolute atomic E-state index is 13.2. The molecular formula is C12H13ClFNOS. The Morgan fingerprint density at radius 1 is 1.35 bits per heavy atom. The molecule has 0 spiro atoms. The van der Waals surface area contributed by atoms with E-state index in [0.717, 1.165) is 5.56 Å². The Labute approximate surface area is 110 Å². The number of ether oxygens (including phenoxy) is 1. The van der Waals surface area contributed by atoms with Gasteiger partial charge in [0.1, 0.15) is 11.6 Å². The highest BCUT2D eigenvalue weighted by molar-refractivity contribution is 7.08. The largest absolute Gasteiger partial charge is 0.496 e. The average molecular weight is 274 g/mol. The summed E-state index contributed by atoms with van der Waals surface area (Å²) in [6.07, 6.45) is 0. The van der Waals surface area contributed by atoms with Gasteiger partial charge in [-0.2, -0.15) is 11.3 Å². The van der Waals surface area contributed by atoms with Crippen molar-refractivity contribution in [3.63, 3.8) is 0 Å². The Morgan fingerprint density at radius 2 is 2.12 bits per heavy atom. The van der Waals surface area contributed by atoms with Crippen LogP contribution in [-0.4, -0.2) is 7.11 Å². The molecular weight excluding hydrogens is 261 g/mol. The molecule has 0 saturated carbocycles. The second-order valence-electron chi connectivity index (χ2n) is 3.42. The quantitative estimate of drug-likeness (QED) is 0.931. The van der Waals surface area contributed by atoms with E-state index >= 15 is 0 Å². The lowest BCUT2D eigenvalue weighted by molar-refractivity contribution is 0.406. The molecule has 1 aromatic carbocycles. The molecule has 17 heavy (non-hydrogen) atoms. The molecule has 2 aromatic rings. The highest BCUT2D eigenvalue weighted by Gasteiger charge is 2.15. The van der Waals surface area contributed by atoms with Crippen LogP contribution in [0.3, 0.4) is 0 Å². The van der Waals surface area contributed by atoms with E-state index in [4.69, 9.17) is 10.5 Å². The van der Waals surface area contributed by atoms with Crippen LogP contribution in [0, 0.1) is 5.82 Å². The molecule has 2 rings (SSSR count). The van der Waals surface area contributed by atoms with E-state index in [1.807, 2.05) is 16.8 Å². The summed E-state index contributed by atoms with van der Waals surface area (Å²) in [7, 11) is 1.55. The van der Waals surface area contributed by atoms with Gasteiger partial charge in [-0.05, 0) is 40.6 Å². The summed E-state index contributed by atoms with van der Waals surface area (Å²) in [5, 5.41) is 3.90. The van der Waals surface area contributed by atoms with E-state index in [1.165, 1.54) is 12.1 Å². The lowest BCUT2D eigenvalue weighted by atomic mass is 10.0. The van der Waals surface area contributed by atoms with Crippen molar-refractivity contribution in [3.8, 4) is 5.75 Å². The first-order valence-corrected chi connectivity index (χ1v) is 5.77. The summed E-state index contributed by atoms with van der Waals surface area (Å²) >= 11 is 1.57. The van der Waals surface area contributed by atoms with Gasteiger partial charge in [0, 0.05) is 5.56 Å². The molecule has 1 aromatic heterocycles. The first-order chi connectivity index (χ1) is 7.72. The normalized spacial score (nSPS) is 11.7. The van der Waals surface area contributed by atoms with Crippen molar-refractivity contribution in [1.29, 1.82) is 0 Å². The zero-order chi connectivity index (χ0) is 11.5. The highest BCUT2D eigenvalue weighted by atomic mass is 35.5. The van der Waals surface area contributed by atoms with Gasteiger partial charge in [-0.3, -0.25) is 0 Å². The highest BCUT2D eigenvalue weighted by Crippen LogP contribution is 2.29. The number of nitrogens with two attached hydrogens (primary N) is 1. The summed E-state index contributed by atoms with van der Waals surface area (Å²) < 4.78 is 18.4. The molecule has 0 aliphatic rings. The molecule has 1 atom stereocenters. The van der Waals surface area contributed by atoms with Gasteiger partial charge in [-0.15, -0.1) is 12.4 Å². The van der Waals surface area contributed by atoms with Crippen LogP contribution >= 0.6 is 23.7 Å². The SMILES string of the molecule is COc1ccc(F)cc1[C@@H](N)c1ccsc1.Cl. The molecule has 0 aliphatic heterocycles. The van der Waals surface area contributed by atoms with Crippen LogP contribution < -0.4 is 10.5 Å². The molecule has 0 aliphatic carbocycles. The van der Waals surface area contributed by atoms with E-state index in [1.54, 1.807) is 24.5 Å². The van der Waals surface area contributed by atoms with E-state index in [9.17, 15) is 4.39 Å². The van der Waals surface area contributed by atoms with Gasteiger partial charge in [-0.1, -0.05) is 0 Å². The minimum atomic E-state index is -0.350. The fraction of sp³-hybridized carbons (Fsp3) is 0.167. The van der Waals surface area contributed by atoms with Crippen LogP contribution in [0.25, 0.3) is 0 Å². The Morgan fingerprint density at radius 3 is 2.71 bits per heavy atom. The average Bonchev–Trinajstić information content (AvgIpc) is 2.81. The van der Waals surface area contributed by atoms with Crippen molar-refractivity contribution in [2.75, 3.05) is 7.11 Å². The van der Waals surface area contributed by atoms with E-state index in [0.29, 0.717) is 11.3 Å². The molecule has 5 heteroatoms. The molecule has 2 N–H and O–H groups in total. The molecule has 0 radical (unpaired) electrons. The first kappa shape index (κ1) is 14.0. The fourth-order valence-electron chi connectivity index (χ4n) is 1.58. The number of benzene rings is 1. The molecule has 0 amide bonds. The van der Waals surface area contributed by atoms with Crippen LogP contribution in [0.1, 0.15) is 17.2 Å². The molecule has 0 saturated heterocycles. The minimum absolute atomic E-state index is 0. The third-order valence-electron chi connectivity index (χ3n) is 2.43. The Hall–Kier alpha value is -1.10. The number of methoxy groups -OCH3 is 1. The predicted molar refractivity (Wildman–Crippen MR) is 70.5 cm³/mol. The van der Waals surface area contributed by atoms with Crippen molar-refractivity contribution >= 4 is 23.7 Å². The van der Waals surface area contributed by atoms with Crippen molar-refractivity contribution in [2.45, 2.75) is 6.04 Å². The zero-order valence-electron chi connectivity index (χ0n) is 9.22. The molecule has 2 nitrogen and oxygen atoms in total. The van der Waals surface area contributed by atoms with Gasteiger partial charge < -0.3 is 10.5 Å². The number of thiophene rings is 1. The van der Waals surface area contributed by atoms with Gasteiger partial charge in [0.05, 0.1) is 13.2 Å². The van der Waals surface area contributed by atoms with Gasteiger partial charge in [0.15, 0.2) is 0 Å². The smallest absolute Gasteiger partial charge is 0.124 e. The van der Waals surface area contributed by atoms with Crippen molar-refractivity contribution in [1.82, 2.24) is 0 Å². The Kier molecular flexibility index (Phi) is 4.93. The molecule has 0 unspecified atom stereocenters. The topological polar surface area (TPSA) is 35.2 Å². The van der Waals surface area contributed by atoms with Gasteiger partial charge in [-0.25, -0.2) is 4.39 Å². The summed E-state index contributed by atoms with van der Waals surface area (Å²) in [4.78, 5) is 0. The lowest BCUT2D eigenvalue weighted by Gasteiger charge is -2.14. The maximum atomic E-state index is 13.2. The summed E-state index contributed by atoms with van der Waals surface area (Å²) in [6.45, 7) is 0. The van der Waals surface area contributed by atoms with Gasteiger partial charge >= 0.3 is 0 Å².